The first kappa shape index (κ1) is 14.6. The third-order valence-electron chi connectivity index (χ3n) is 3.94. The van der Waals surface area contributed by atoms with Crippen LogP contribution in [0, 0.1) is 6.92 Å². The quantitative estimate of drug-likeness (QED) is 0.941. The Kier molecular flexibility index (Phi) is 3.83. The highest BCUT2D eigenvalue weighted by Crippen LogP contribution is 2.21. The number of hydrogen-bond donors (Lipinski definition) is 1. The van der Waals surface area contributed by atoms with Gasteiger partial charge in [0.15, 0.2) is 11.5 Å². The van der Waals surface area contributed by atoms with E-state index in [1.54, 1.807) is 24.0 Å². The highest BCUT2D eigenvalue weighted by atomic mass is 16.3. The van der Waals surface area contributed by atoms with Crippen molar-refractivity contribution in [1.29, 1.82) is 0 Å². The average Bonchev–Trinajstić information content (AvgIpc) is 3.05. The second-order valence-corrected chi connectivity index (χ2v) is 5.52. The summed E-state index contributed by atoms with van der Waals surface area (Å²) in [4.78, 5) is 30.2. The lowest BCUT2D eigenvalue weighted by atomic mass is 10.1. The molecule has 0 spiro atoms. The van der Waals surface area contributed by atoms with Crippen molar-refractivity contribution in [3.63, 3.8) is 0 Å². The molecule has 1 atom stereocenters. The Hall–Kier alpha value is -2.37. The summed E-state index contributed by atoms with van der Waals surface area (Å²) in [6, 6.07) is 4.94. The maximum absolute atomic E-state index is 12.5. The molecule has 1 fully saturated rings. The lowest BCUT2D eigenvalue weighted by molar-refractivity contribution is -0.135. The van der Waals surface area contributed by atoms with Gasteiger partial charge in [0, 0.05) is 31.6 Å². The number of anilines is 1. The maximum atomic E-state index is 12.5. The van der Waals surface area contributed by atoms with Crippen molar-refractivity contribution in [2.24, 2.45) is 0 Å². The normalized spacial score (nSPS) is 16.3. The smallest absolute Gasteiger partial charge is 0.247 e. The van der Waals surface area contributed by atoms with Crippen molar-refractivity contribution >= 4 is 28.6 Å². The van der Waals surface area contributed by atoms with Gasteiger partial charge in [-0.15, -0.1) is 0 Å². The van der Waals surface area contributed by atoms with Crippen molar-refractivity contribution in [2.75, 3.05) is 11.9 Å². The maximum Gasteiger partial charge on any atom is 0.247 e. The van der Waals surface area contributed by atoms with Crippen LogP contribution in [-0.2, 0) is 9.59 Å². The number of amides is 2. The number of rotatable bonds is 4. The molecule has 0 unspecified atom stereocenters. The number of nitrogens with one attached hydrogen (secondary N) is 1. The summed E-state index contributed by atoms with van der Waals surface area (Å²) in [5.41, 5.74) is 2.05. The van der Waals surface area contributed by atoms with Crippen LogP contribution in [0.15, 0.2) is 22.6 Å². The van der Waals surface area contributed by atoms with Crippen LogP contribution in [0.3, 0.4) is 0 Å². The zero-order valence-electron chi connectivity index (χ0n) is 12.8. The SMILES string of the molecule is CC[C@H](C(=O)Nc1ccc2nc(C)oc2c1)N1CCCC1=O. The van der Waals surface area contributed by atoms with Gasteiger partial charge < -0.3 is 14.6 Å². The van der Waals surface area contributed by atoms with E-state index >= 15 is 0 Å². The summed E-state index contributed by atoms with van der Waals surface area (Å²) in [6.45, 7) is 4.36. The van der Waals surface area contributed by atoms with Crippen LogP contribution in [-0.4, -0.2) is 34.3 Å². The van der Waals surface area contributed by atoms with E-state index in [2.05, 4.69) is 10.3 Å². The summed E-state index contributed by atoms with van der Waals surface area (Å²) >= 11 is 0. The van der Waals surface area contributed by atoms with Crippen LogP contribution in [0.2, 0.25) is 0 Å². The summed E-state index contributed by atoms with van der Waals surface area (Å²) in [5.74, 6) is 0.490. The van der Waals surface area contributed by atoms with Crippen LogP contribution < -0.4 is 5.32 Å². The molecule has 0 radical (unpaired) electrons. The Morgan fingerprint density at radius 2 is 2.32 bits per heavy atom. The largest absolute Gasteiger partial charge is 0.441 e. The number of fused-ring (bicyclic) bond motifs is 1. The molecule has 0 aliphatic carbocycles. The molecular formula is C16H19N3O3. The van der Waals surface area contributed by atoms with Gasteiger partial charge >= 0.3 is 0 Å². The van der Waals surface area contributed by atoms with Crippen LogP contribution in [0.1, 0.15) is 32.1 Å². The number of likely N-dealkylation sites (tertiary alicyclic amines) is 1. The number of benzene rings is 1. The predicted octanol–water partition coefficient (Wildman–Crippen LogP) is 2.48. The highest BCUT2D eigenvalue weighted by Gasteiger charge is 2.31. The van der Waals surface area contributed by atoms with E-state index in [0.29, 0.717) is 36.5 Å². The van der Waals surface area contributed by atoms with Gasteiger partial charge in [0.25, 0.3) is 0 Å². The Labute approximate surface area is 128 Å². The van der Waals surface area contributed by atoms with Crippen LogP contribution in [0.25, 0.3) is 11.1 Å². The number of oxazole rings is 1. The van der Waals surface area contributed by atoms with Gasteiger partial charge in [-0.05, 0) is 25.0 Å². The molecule has 2 aromatic rings. The topological polar surface area (TPSA) is 75.4 Å². The third-order valence-corrected chi connectivity index (χ3v) is 3.94. The second-order valence-electron chi connectivity index (χ2n) is 5.52. The molecule has 1 saturated heterocycles. The Bertz CT molecular complexity index is 722. The van der Waals surface area contributed by atoms with E-state index in [0.717, 1.165) is 11.9 Å². The fourth-order valence-corrected chi connectivity index (χ4v) is 2.89. The summed E-state index contributed by atoms with van der Waals surface area (Å²) in [5, 5.41) is 2.87. The Balaban J connectivity index is 1.77. The van der Waals surface area contributed by atoms with Crippen molar-refractivity contribution in [3.05, 3.63) is 24.1 Å². The van der Waals surface area contributed by atoms with Crippen LogP contribution in [0.5, 0.6) is 0 Å². The van der Waals surface area contributed by atoms with E-state index in [4.69, 9.17) is 4.42 Å². The molecule has 0 saturated carbocycles. The van der Waals surface area contributed by atoms with Crippen molar-refractivity contribution in [3.8, 4) is 0 Å². The number of aromatic nitrogens is 1. The van der Waals surface area contributed by atoms with Gasteiger partial charge in [-0.2, -0.15) is 0 Å². The molecule has 6 heteroatoms. The highest BCUT2D eigenvalue weighted by molar-refractivity contribution is 5.98. The molecule has 1 N–H and O–H groups in total. The van der Waals surface area contributed by atoms with Crippen molar-refractivity contribution in [1.82, 2.24) is 9.88 Å². The minimum Gasteiger partial charge on any atom is -0.441 e. The third kappa shape index (κ3) is 2.68. The number of nitrogens with zero attached hydrogens (tertiary/aromatic N) is 2. The minimum atomic E-state index is -0.415. The van der Waals surface area contributed by atoms with Crippen LogP contribution in [0.4, 0.5) is 5.69 Å². The molecule has 1 aromatic heterocycles. The molecule has 3 rings (SSSR count). The summed E-state index contributed by atoms with van der Waals surface area (Å²) in [7, 11) is 0. The monoisotopic (exact) mass is 301 g/mol. The molecule has 1 aliphatic heterocycles. The van der Waals surface area contributed by atoms with E-state index in [1.165, 1.54) is 0 Å². The summed E-state index contributed by atoms with van der Waals surface area (Å²) < 4.78 is 5.47. The fraction of sp³-hybridized carbons (Fsp3) is 0.438. The molecule has 22 heavy (non-hydrogen) atoms. The lowest BCUT2D eigenvalue weighted by Gasteiger charge is -2.25. The van der Waals surface area contributed by atoms with E-state index in [-0.39, 0.29) is 11.8 Å². The van der Waals surface area contributed by atoms with Gasteiger partial charge in [0.05, 0.1) is 0 Å². The number of hydrogen-bond acceptors (Lipinski definition) is 4. The van der Waals surface area contributed by atoms with Gasteiger partial charge in [0.1, 0.15) is 11.6 Å². The molecule has 116 valence electrons. The molecule has 1 aliphatic rings. The Morgan fingerprint density at radius 1 is 1.50 bits per heavy atom. The molecule has 1 aromatic carbocycles. The van der Waals surface area contributed by atoms with Crippen molar-refractivity contribution in [2.45, 2.75) is 39.2 Å². The molecule has 2 heterocycles. The first-order valence-electron chi connectivity index (χ1n) is 7.56. The van der Waals surface area contributed by atoms with E-state index in [9.17, 15) is 9.59 Å². The molecule has 6 nitrogen and oxygen atoms in total. The van der Waals surface area contributed by atoms with Crippen LogP contribution >= 0.6 is 0 Å². The number of carbonyl (C=O) groups is 2. The summed E-state index contributed by atoms with van der Waals surface area (Å²) in [6.07, 6.45) is 1.96. The standard InChI is InChI=1S/C16H19N3O3/c1-3-13(19-8-4-5-15(19)20)16(21)18-11-6-7-12-14(9-11)22-10(2)17-12/h6-7,9,13H,3-5,8H2,1-2H3,(H,18,21)/t13-/m1/s1. The van der Waals surface area contributed by atoms with Gasteiger partial charge in [-0.1, -0.05) is 6.92 Å². The first-order valence-corrected chi connectivity index (χ1v) is 7.56. The molecule has 0 bridgehead atoms. The van der Waals surface area contributed by atoms with Gasteiger partial charge in [-0.3, -0.25) is 9.59 Å². The minimum absolute atomic E-state index is 0.0586. The zero-order valence-corrected chi connectivity index (χ0v) is 12.8. The number of carbonyl (C=O) groups excluding carboxylic acids is 2. The second kappa shape index (κ2) is 5.79. The van der Waals surface area contributed by atoms with E-state index < -0.39 is 6.04 Å². The fourth-order valence-electron chi connectivity index (χ4n) is 2.89. The number of aryl methyl sites for hydroxylation is 1. The average molecular weight is 301 g/mol. The first-order chi connectivity index (χ1) is 10.6. The molecule has 2 amide bonds. The molecular weight excluding hydrogens is 282 g/mol. The van der Waals surface area contributed by atoms with Gasteiger partial charge in [-0.25, -0.2) is 4.98 Å². The van der Waals surface area contributed by atoms with Gasteiger partial charge in [0.2, 0.25) is 11.8 Å². The van der Waals surface area contributed by atoms with Crippen molar-refractivity contribution < 1.29 is 14.0 Å². The zero-order chi connectivity index (χ0) is 15.7. The predicted molar refractivity (Wildman–Crippen MR) is 82.4 cm³/mol. The lowest BCUT2D eigenvalue weighted by Crippen LogP contribution is -2.44. The van der Waals surface area contributed by atoms with E-state index in [1.807, 2.05) is 13.0 Å². The Morgan fingerprint density at radius 3 is 3.00 bits per heavy atom.